The molecule has 3 unspecified atom stereocenters. The van der Waals surface area contributed by atoms with E-state index in [1.54, 1.807) is 0 Å². The van der Waals surface area contributed by atoms with Gasteiger partial charge < -0.3 is 14.9 Å². The highest BCUT2D eigenvalue weighted by atomic mass is 16.5. The maximum atomic E-state index is 11.6. The first kappa shape index (κ1) is 17.2. The third-order valence-electron chi connectivity index (χ3n) is 3.35. The first-order valence-corrected chi connectivity index (χ1v) is 6.95. The van der Waals surface area contributed by atoms with Gasteiger partial charge in [0.1, 0.15) is 11.5 Å². The number of carbonyl (C=O) groups is 1. The Hall–Kier alpha value is -1.90. The van der Waals surface area contributed by atoms with E-state index in [0.717, 1.165) is 0 Å². The number of carbonyl (C=O) groups excluding carboxylic acids is 1. The topological polar surface area (TPSA) is 90.6 Å². The fourth-order valence-electron chi connectivity index (χ4n) is 2.08. The molecule has 5 nitrogen and oxygen atoms in total. The molecular formula is C16H21NO4. The van der Waals surface area contributed by atoms with Crippen molar-refractivity contribution in [1.82, 2.24) is 0 Å². The minimum absolute atomic E-state index is 0.162. The molecule has 0 aliphatic rings. The molecule has 0 aliphatic carbocycles. The normalized spacial score (nSPS) is 14.8. The van der Waals surface area contributed by atoms with Crippen molar-refractivity contribution in [3.63, 3.8) is 0 Å². The summed E-state index contributed by atoms with van der Waals surface area (Å²) in [5.74, 6) is -0.769. The molecule has 2 N–H and O–H groups in total. The number of para-hydroxylation sites is 1. The van der Waals surface area contributed by atoms with E-state index in [-0.39, 0.29) is 25.4 Å². The summed E-state index contributed by atoms with van der Waals surface area (Å²) < 4.78 is 5.48. The quantitative estimate of drug-likeness (QED) is 0.720. The van der Waals surface area contributed by atoms with Gasteiger partial charge in [0.05, 0.1) is 31.3 Å². The van der Waals surface area contributed by atoms with Crippen LogP contribution >= 0.6 is 0 Å². The van der Waals surface area contributed by atoms with Crippen LogP contribution in [0.1, 0.15) is 19.8 Å². The number of hydrogen-bond acceptors (Lipinski definition) is 5. The summed E-state index contributed by atoms with van der Waals surface area (Å²) in [5, 5.41) is 28.0. The van der Waals surface area contributed by atoms with E-state index in [1.165, 1.54) is 6.92 Å². The number of benzene rings is 1. The van der Waals surface area contributed by atoms with Crippen LogP contribution in [0.3, 0.4) is 0 Å². The Morgan fingerprint density at radius 2 is 2.05 bits per heavy atom. The molecule has 1 rings (SSSR count). The smallest absolute Gasteiger partial charge is 0.135 e. The maximum Gasteiger partial charge on any atom is 0.135 e. The Kier molecular flexibility index (Phi) is 7.44. The number of nitriles is 1. The van der Waals surface area contributed by atoms with Crippen LogP contribution in [0, 0.1) is 23.2 Å². The number of hydrogen-bond donors (Lipinski definition) is 2. The van der Waals surface area contributed by atoms with Gasteiger partial charge in [0, 0.05) is 12.3 Å². The van der Waals surface area contributed by atoms with Gasteiger partial charge in [-0.3, -0.25) is 4.79 Å². The molecule has 0 saturated carbocycles. The highest BCUT2D eigenvalue weighted by Gasteiger charge is 2.26. The number of aliphatic hydroxyl groups excluding tert-OH is 2. The van der Waals surface area contributed by atoms with Crippen molar-refractivity contribution in [2.24, 2.45) is 11.8 Å². The van der Waals surface area contributed by atoms with Crippen molar-refractivity contribution >= 4 is 5.78 Å². The number of ether oxygens (including phenoxy) is 1. The van der Waals surface area contributed by atoms with E-state index in [2.05, 4.69) is 0 Å². The van der Waals surface area contributed by atoms with Crippen LogP contribution in [-0.4, -0.2) is 35.3 Å². The Labute approximate surface area is 124 Å². The number of rotatable bonds is 9. The summed E-state index contributed by atoms with van der Waals surface area (Å²) in [6.07, 6.45) is -0.425. The molecule has 0 fully saturated rings. The second kappa shape index (κ2) is 9.11. The summed E-state index contributed by atoms with van der Waals surface area (Å²) in [6.45, 7) is 1.36. The van der Waals surface area contributed by atoms with Gasteiger partial charge in [-0.2, -0.15) is 5.26 Å². The third-order valence-corrected chi connectivity index (χ3v) is 3.35. The number of Topliss-reactive ketones (excluding diaryl/α,β-unsaturated/α-hetero) is 1. The van der Waals surface area contributed by atoms with E-state index in [0.29, 0.717) is 12.2 Å². The van der Waals surface area contributed by atoms with Gasteiger partial charge in [0.15, 0.2) is 0 Å². The number of aliphatic hydroxyl groups is 2. The summed E-state index contributed by atoms with van der Waals surface area (Å²) >= 11 is 0. The molecule has 1 aromatic carbocycles. The Balaban J connectivity index is 2.48. The molecular weight excluding hydrogens is 270 g/mol. The SMILES string of the molecule is CC(=O)C(CC(C#N)CO)C(O)CCOc1ccccc1. The predicted octanol–water partition coefficient (Wildman–Crippen LogP) is 1.54. The lowest BCUT2D eigenvalue weighted by atomic mass is 9.87. The first-order chi connectivity index (χ1) is 10.1. The van der Waals surface area contributed by atoms with Crippen LogP contribution in [0.5, 0.6) is 5.75 Å². The molecule has 3 atom stereocenters. The van der Waals surface area contributed by atoms with Crippen molar-refractivity contribution in [3.8, 4) is 11.8 Å². The number of nitrogens with zero attached hydrogens (tertiary/aromatic N) is 1. The lowest BCUT2D eigenvalue weighted by Crippen LogP contribution is -2.30. The largest absolute Gasteiger partial charge is 0.493 e. The van der Waals surface area contributed by atoms with E-state index in [4.69, 9.17) is 15.1 Å². The fourth-order valence-corrected chi connectivity index (χ4v) is 2.08. The zero-order chi connectivity index (χ0) is 15.7. The zero-order valence-corrected chi connectivity index (χ0v) is 12.1. The van der Waals surface area contributed by atoms with Crippen LogP contribution in [0.4, 0.5) is 0 Å². The Morgan fingerprint density at radius 1 is 1.38 bits per heavy atom. The summed E-state index contributed by atoms with van der Waals surface area (Å²) in [6, 6.07) is 11.1. The second-order valence-corrected chi connectivity index (χ2v) is 4.98. The average Bonchev–Trinajstić information content (AvgIpc) is 2.49. The molecule has 0 aromatic heterocycles. The monoisotopic (exact) mass is 291 g/mol. The summed E-state index contributed by atoms with van der Waals surface area (Å²) in [7, 11) is 0. The van der Waals surface area contributed by atoms with Crippen LogP contribution in [0.15, 0.2) is 30.3 Å². The third kappa shape index (κ3) is 5.94. The minimum Gasteiger partial charge on any atom is -0.493 e. The van der Waals surface area contributed by atoms with Crippen molar-refractivity contribution in [3.05, 3.63) is 30.3 Å². The lowest BCUT2D eigenvalue weighted by molar-refractivity contribution is -0.125. The van der Waals surface area contributed by atoms with Gasteiger partial charge in [-0.1, -0.05) is 18.2 Å². The molecule has 5 heteroatoms. The molecule has 1 aromatic rings. The van der Waals surface area contributed by atoms with Gasteiger partial charge >= 0.3 is 0 Å². The molecule has 0 radical (unpaired) electrons. The second-order valence-electron chi connectivity index (χ2n) is 4.98. The average molecular weight is 291 g/mol. The van der Waals surface area contributed by atoms with Gasteiger partial charge in [0.2, 0.25) is 0 Å². The van der Waals surface area contributed by atoms with Crippen LogP contribution < -0.4 is 4.74 Å². The molecule has 21 heavy (non-hydrogen) atoms. The van der Waals surface area contributed by atoms with Gasteiger partial charge in [-0.25, -0.2) is 0 Å². The standard InChI is InChI=1S/C16H21NO4/c1-12(19)15(9-13(10-17)11-18)16(20)7-8-21-14-5-3-2-4-6-14/h2-6,13,15-16,18,20H,7-9,11H2,1H3. The van der Waals surface area contributed by atoms with E-state index >= 15 is 0 Å². The van der Waals surface area contributed by atoms with Gasteiger partial charge in [-0.05, 0) is 25.5 Å². The van der Waals surface area contributed by atoms with Crippen molar-refractivity contribution in [1.29, 1.82) is 5.26 Å². The van der Waals surface area contributed by atoms with Crippen molar-refractivity contribution < 1.29 is 19.7 Å². The van der Waals surface area contributed by atoms with Crippen LogP contribution in [0.2, 0.25) is 0 Å². The summed E-state index contributed by atoms with van der Waals surface area (Å²) in [4.78, 5) is 11.6. The molecule has 0 aliphatic heterocycles. The minimum atomic E-state index is -0.881. The first-order valence-electron chi connectivity index (χ1n) is 6.95. The summed E-state index contributed by atoms with van der Waals surface area (Å²) in [5.41, 5.74) is 0. The molecule has 0 amide bonds. The predicted molar refractivity (Wildman–Crippen MR) is 77.5 cm³/mol. The van der Waals surface area contributed by atoms with Gasteiger partial charge in [0.25, 0.3) is 0 Å². The molecule has 0 saturated heterocycles. The highest BCUT2D eigenvalue weighted by molar-refractivity contribution is 5.78. The highest BCUT2D eigenvalue weighted by Crippen LogP contribution is 2.19. The van der Waals surface area contributed by atoms with Crippen LogP contribution in [-0.2, 0) is 4.79 Å². The Morgan fingerprint density at radius 3 is 2.57 bits per heavy atom. The van der Waals surface area contributed by atoms with Crippen LogP contribution in [0.25, 0.3) is 0 Å². The zero-order valence-electron chi connectivity index (χ0n) is 12.1. The lowest BCUT2D eigenvalue weighted by Gasteiger charge is -2.22. The van der Waals surface area contributed by atoms with E-state index in [1.807, 2.05) is 36.4 Å². The fraction of sp³-hybridized carbons (Fsp3) is 0.500. The van der Waals surface area contributed by atoms with Crippen molar-refractivity contribution in [2.75, 3.05) is 13.2 Å². The van der Waals surface area contributed by atoms with Gasteiger partial charge in [-0.15, -0.1) is 0 Å². The number of ketones is 1. The maximum absolute atomic E-state index is 11.6. The molecule has 0 heterocycles. The van der Waals surface area contributed by atoms with Crippen molar-refractivity contribution in [2.45, 2.75) is 25.9 Å². The molecule has 0 bridgehead atoms. The molecule has 114 valence electrons. The Bertz CT molecular complexity index is 469. The van der Waals surface area contributed by atoms with E-state index in [9.17, 15) is 9.90 Å². The van der Waals surface area contributed by atoms with E-state index < -0.39 is 17.9 Å². The molecule has 0 spiro atoms.